The molecule has 10 heteroatoms. The molecule has 0 unspecified atom stereocenters. The smallest absolute Gasteiger partial charge is 0.352 e. The molecule has 1 aromatic heterocycles. The first-order valence-electron chi connectivity index (χ1n) is 14.1. The van der Waals surface area contributed by atoms with Crippen LogP contribution in [0.1, 0.15) is 38.8 Å². The van der Waals surface area contributed by atoms with Gasteiger partial charge in [0.2, 0.25) is 0 Å². The van der Waals surface area contributed by atoms with Crippen molar-refractivity contribution >= 4 is 5.71 Å². The first-order chi connectivity index (χ1) is 19.4. The van der Waals surface area contributed by atoms with Crippen molar-refractivity contribution in [2.45, 2.75) is 70.8 Å². The van der Waals surface area contributed by atoms with Crippen molar-refractivity contribution in [3.63, 3.8) is 0 Å². The number of aliphatic hydroxyl groups is 1. The minimum absolute atomic E-state index is 0.0216. The molecule has 3 aliphatic rings. The van der Waals surface area contributed by atoms with Crippen molar-refractivity contribution in [3.05, 3.63) is 87.2 Å². The van der Waals surface area contributed by atoms with Gasteiger partial charge in [0.05, 0.1) is 30.2 Å². The number of oxime groups is 1. The highest BCUT2D eigenvalue weighted by Gasteiger charge is 2.61. The van der Waals surface area contributed by atoms with Crippen LogP contribution in [0, 0.1) is 17.8 Å². The van der Waals surface area contributed by atoms with Gasteiger partial charge in [0.25, 0.3) is 0 Å². The molecule has 2 fully saturated rings. The maximum atomic E-state index is 13.5. The molecule has 1 N–H and O–H groups in total. The molecule has 40 heavy (non-hydrogen) atoms. The minimum atomic E-state index is -0.931. The van der Waals surface area contributed by atoms with E-state index in [9.17, 15) is 14.7 Å². The Bertz CT molecular complexity index is 1480. The molecule has 7 atom stereocenters. The van der Waals surface area contributed by atoms with Crippen LogP contribution in [0.15, 0.2) is 75.4 Å². The number of aliphatic hydroxyl groups excluding tert-OH is 1. The number of benzene rings is 2. The molecule has 1 aliphatic carbocycles. The average Bonchev–Trinajstić information content (AvgIpc) is 3.72. The third kappa shape index (κ3) is 4.74. The molecule has 0 spiro atoms. The van der Waals surface area contributed by atoms with Crippen LogP contribution >= 0.6 is 0 Å². The fraction of sp³-hybridized carbons (Fsp3) is 0.500. The first kappa shape index (κ1) is 26.7. The van der Waals surface area contributed by atoms with Crippen molar-refractivity contribution in [2.75, 3.05) is 6.61 Å². The first-order valence-corrected chi connectivity index (χ1v) is 14.1. The summed E-state index contributed by atoms with van der Waals surface area (Å²) in [5.41, 5.74) is 1.41. The van der Waals surface area contributed by atoms with Crippen LogP contribution in [0.25, 0.3) is 5.69 Å². The van der Waals surface area contributed by atoms with E-state index in [0.29, 0.717) is 37.6 Å². The van der Waals surface area contributed by atoms with Crippen molar-refractivity contribution in [2.24, 2.45) is 22.9 Å². The fourth-order valence-corrected chi connectivity index (χ4v) is 6.34. The summed E-state index contributed by atoms with van der Waals surface area (Å²) in [6.45, 7) is 7.57. The van der Waals surface area contributed by atoms with Gasteiger partial charge in [-0.25, -0.2) is 23.5 Å². The largest absolute Gasteiger partial charge is 0.395 e. The Balaban J connectivity index is 1.20. The lowest BCUT2D eigenvalue weighted by Crippen LogP contribution is -2.53. The number of aromatic nitrogens is 3. The molecule has 6 rings (SSSR count). The lowest BCUT2D eigenvalue weighted by molar-refractivity contribution is -0.0487. The van der Waals surface area contributed by atoms with Gasteiger partial charge in [-0.2, -0.15) is 0 Å². The second-order valence-electron chi connectivity index (χ2n) is 11.4. The lowest BCUT2D eigenvalue weighted by atomic mass is 9.78. The second kappa shape index (κ2) is 10.8. The molecule has 10 nitrogen and oxygen atoms in total. The van der Waals surface area contributed by atoms with Crippen LogP contribution in [0.4, 0.5) is 0 Å². The predicted octanol–water partition coefficient (Wildman–Crippen LogP) is 2.75. The molecular weight excluding hydrogens is 512 g/mol. The molecule has 212 valence electrons. The summed E-state index contributed by atoms with van der Waals surface area (Å²) in [5.74, 6) is 0.0805. The molecular formula is C30H36N4O6. The van der Waals surface area contributed by atoms with Gasteiger partial charge in [-0.3, -0.25) is 0 Å². The summed E-state index contributed by atoms with van der Waals surface area (Å²) in [5, 5.41) is 15.7. The average molecular weight is 549 g/mol. The number of hydrogen-bond acceptors (Lipinski definition) is 7. The predicted molar refractivity (Wildman–Crippen MR) is 149 cm³/mol. The van der Waals surface area contributed by atoms with Crippen molar-refractivity contribution in [1.29, 1.82) is 0 Å². The monoisotopic (exact) mass is 548 g/mol. The quantitative estimate of drug-likeness (QED) is 0.325. The molecule has 2 aliphatic heterocycles. The topological polar surface area (TPSA) is 113 Å². The van der Waals surface area contributed by atoms with Gasteiger partial charge < -0.3 is 19.4 Å². The van der Waals surface area contributed by atoms with Crippen LogP contribution in [-0.2, 0) is 27.5 Å². The molecule has 0 amide bonds. The molecule has 3 aromatic rings. The normalized spacial score (nSPS) is 27.5. The van der Waals surface area contributed by atoms with Crippen molar-refractivity contribution < 1.29 is 19.4 Å². The van der Waals surface area contributed by atoms with Crippen LogP contribution in [0.2, 0.25) is 0 Å². The Morgan fingerprint density at radius 2 is 1.73 bits per heavy atom. The highest BCUT2D eigenvalue weighted by Crippen LogP contribution is 2.46. The van der Waals surface area contributed by atoms with Crippen LogP contribution in [-0.4, -0.2) is 55.8 Å². The zero-order valence-corrected chi connectivity index (χ0v) is 23.0. The van der Waals surface area contributed by atoms with Crippen LogP contribution in [0.3, 0.4) is 0 Å². The van der Waals surface area contributed by atoms with E-state index in [1.165, 1.54) is 9.36 Å². The molecule has 2 aromatic carbocycles. The number of epoxide rings is 1. The Labute approximate surface area is 232 Å². The van der Waals surface area contributed by atoms with Gasteiger partial charge in [-0.05, 0) is 30.0 Å². The lowest BCUT2D eigenvalue weighted by Gasteiger charge is -2.38. The summed E-state index contributed by atoms with van der Waals surface area (Å²) in [6, 6.07) is 18.3. The highest BCUT2D eigenvalue weighted by molar-refractivity contribution is 5.94. The molecule has 3 heterocycles. The third-order valence-corrected chi connectivity index (χ3v) is 8.31. The van der Waals surface area contributed by atoms with Gasteiger partial charge in [0, 0.05) is 18.4 Å². The Morgan fingerprint density at radius 1 is 1.02 bits per heavy atom. The maximum Gasteiger partial charge on any atom is 0.352 e. The molecule has 1 saturated carbocycles. The van der Waals surface area contributed by atoms with Gasteiger partial charge in [-0.15, -0.1) is 0 Å². The summed E-state index contributed by atoms with van der Waals surface area (Å²) < 4.78 is 16.1. The Kier molecular flexibility index (Phi) is 7.24. The number of ether oxygens (including phenoxy) is 2. The number of nitrogens with zero attached hydrogens (tertiary/aromatic N) is 4. The Morgan fingerprint density at radius 3 is 2.42 bits per heavy atom. The van der Waals surface area contributed by atoms with Gasteiger partial charge in [-0.1, -0.05) is 74.5 Å². The zero-order chi connectivity index (χ0) is 28.0. The SMILES string of the molecule is CC(C)[C@@H](OCc1ccccc1)[C@H](C)CON=C1[C@H]2CCn3c(=O)n(-c4ccccc4)c(=O)n3[C@@H]2[C@H](O)[C@@H]2O[C@H]12. The highest BCUT2D eigenvalue weighted by atomic mass is 16.6. The van der Waals surface area contributed by atoms with Gasteiger partial charge in [0.15, 0.2) is 0 Å². The van der Waals surface area contributed by atoms with Crippen LogP contribution in [0.5, 0.6) is 0 Å². The van der Waals surface area contributed by atoms with Gasteiger partial charge in [0.1, 0.15) is 24.9 Å². The van der Waals surface area contributed by atoms with E-state index in [4.69, 9.17) is 14.3 Å². The van der Waals surface area contributed by atoms with Crippen LogP contribution < -0.4 is 11.4 Å². The zero-order valence-electron chi connectivity index (χ0n) is 23.0. The van der Waals surface area contributed by atoms with E-state index in [2.05, 4.69) is 25.9 Å². The summed E-state index contributed by atoms with van der Waals surface area (Å²) >= 11 is 0. The maximum absolute atomic E-state index is 13.5. The number of fused-ring (bicyclic) bond motifs is 4. The number of rotatable bonds is 9. The molecule has 0 bridgehead atoms. The third-order valence-electron chi connectivity index (χ3n) is 8.31. The minimum Gasteiger partial charge on any atom is -0.395 e. The fourth-order valence-electron chi connectivity index (χ4n) is 6.34. The number of para-hydroxylation sites is 1. The van der Waals surface area contributed by atoms with Gasteiger partial charge >= 0.3 is 11.4 Å². The number of hydrogen-bond donors (Lipinski definition) is 1. The Hall–Kier alpha value is -3.47. The molecule has 0 radical (unpaired) electrons. The molecule has 1 saturated heterocycles. The van der Waals surface area contributed by atoms with E-state index < -0.39 is 29.6 Å². The summed E-state index contributed by atoms with van der Waals surface area (Å²) in [4.78, 5) is 32.7. The van der Waals surface area contributed by atoms with Crippen molar-refractivity contribution in [1.82, 2.24) is 13.9 Å². The van der Waals surface area contributed by atoms with E-state index in [-0.39, 0.29) is 30.0 Å². The van der Waals surface area contributed by atoms with E-state index >= 15 is 0 Å². The summed E-state index contributed by atoms with van der Waals surface area (Å²) in [7, 11) is 0. The van der Waals surface area contributed by atoms with E-state index in [1.807, 2.05) is 36.4 Å². The standard InChI is InChI=1S/C30H36N4O6/c1-18(2)26(38-17-20-10-6-4-7-11-20)19(3)16-39-31-23-22-14-15-32-29(36)33(21-12-8-5-9-13-21)30(37)34(32)24(22)25(35)28-27(23)40-28/h4-13,18-19,22,24-28,35H,14-17H2,1-3H3/t19-,22-,24+,25+,26-,27-,28+/m1/s1. The summed E-state index contributed by atoms with van der Waals surface area (Å²) in [6.07, 6.45) is -1.23. The van der Waals surface area contributed by atoms with E-state index in [1.54, 1.807) is 24.3 Å². The second-order valence-corrected chi connectivity index (χ2v) is 11.4. The van der Waals surface area contributed by atoms with E-state index in [0.717, 1.165) is 10.1 Å². The van der Waals surface area contributed by atoms with Crippen molar-refractivity contribution in [3.8, 4) is 5.69 Å².